The Bertz CT molecular complexity index is 852. The van der Waals surface area contributed by atoms with Crippen LogP contribution in [0.2, 0.25) is 10.0 Å². The highest BCUT2D eigenvalue weighted by atomic mass is 35.5. The molecule has 6 heteroatoms. The van der Waals surface area contributed by atoms with E-state index in [4.69, 9.17) is 23.2 Å². The Labute approximate surface area is 183 Å². The van der Waals surface area contributed by atoms with Gasteiger partial charge in [0.15, 0.2) is 0 Å². The second kappa shape index (κ2) is 10.7. The molecule has 2 amide bonds. The van der Waals surface area contributed by atoms with Gasteiger partial charge in [0.2, 0.25) is 11.8 Å². The van der Waals surface area contributed by atoms with Crippen LogP contribution in [0.5, 0.6) is 0 Å². The van der Waals surface area contributed by atoms with Gasteiger partial charge in [0.25, 0.3) is 0 Å². The lowest BCUT2D eigenvalue weighted by molar-refractivity contribution is -0.140. The van der Waals surface area contributed by atoms with Crippen LogP contribution in [-0.4, -0.2) is 28.8 Å². The molecule has 156 valence electrons. The van der Waals surface area contributed by atoms with Crippen LogP contribution in [0.3, 0.4) is 0 Å². The minimum atomic E-state index is -0.614. The van der Waals surface area contributed by atoms with Gasteiger partial charge in [-0.2, -0.15) is 0 Å². The fourth-order valence-electron chi connectivity index (χ4n) is 2.86. The topological polar surface area (TPSA) is 49.4 Å². The van der Waals surface area contributed by atoms with Crippen molar-refractivity contribution in [2.24, 2.45) is 0 Å². The second-order valence-corrected chi connectivity index (χ2v) is 8.24. The van der Waals surface area contributed by atoms with E-state index in [2.05, 4.69) is 5.32 Å². The molecule has 1 N–H and O–H groups in total. The van der Waals surface area contributed by atoms with E-state index in [1.165, 1.54) is 0 Å². The number of benzene rings is 2. The lowest BCUT2D eigenvalue weighted by Crippen LogP contribution is -2.49. The van der Waals surface area contributed by atoms with Gasteiger partial charge in [-0.15, -0.1) is 0 Å². The summed E-state index contributed by atoms with van der Waals surface area (Å²) in [5.41, 5.74) is 2.87. The van der Waals surface area contributed by atoms with Crippen molar-refractivity contribution in [2.45, 2.75) is 59.2 Å². The molecule has 0 spiro atoms. The lowest BCUT2D eigenvalue weighted by Gasteiger charge is -2.30. The lowest BCUT2D eigenvalue weighted by atomic mass is 10.1. The van der Waals surface area contributed by atoms with E-state index in [0.717, 1.165) is 23.1 Å². The standard InChI is InChI=1S/C23H28Cl2N2O2/c1-5-16(3)26-23(29)17(4)27(14-19-10-11-20(24)21(25)12-19)22(28)13-18-8-6-15(2)7-9-18/h6-12,16-17H,5,13-14H2,1-4H3,(H,26,29)/t16-,17+/m1/s1. The highest BCUT2D eigenvalue weighted by Gasteiger charge is 2.27. The van der Waals surface area contributed by atoms with E-state index < -0.39 is 6.04 Å². The average molecular weight is 435 g/mol. The van der Waals surface area contributed by atoms with Crippen LogP contribution in [-0.2, 0) is 22.6 Å². The van der Waals surface area contributed by atoms with Crippen LogP contribution in [0.1, 0.15) is 43.9 Å². The molecule has 0 aliphatic rings. The number of hydrogen-bond acceptors (Lipinski definition) is 2. The summed E-state index contributed by atoms with van der Waals surface area (Å²) >= 11 is 12.1. The van der Waals surface area contributed by atoms with Gasteiger partial charge >= 0.3 is 0 Å². The third-order valence-electron chi connectivity index (χ3n) is 4.98. The van der Waals surface area contributed by atoms with Crippen LogP contribution in [0, 0.1) is 6.92 Å². The van der Waals surface area contributed by atoms with Gasteiger partial charge in [0.1, 0.15) is 6.04 Å². The van der Waals surface area contributed by atoms with Crippen LogP contribution >= 0.6 is 23.2 Å². The number of amides is 2. The number of nitrogens with zero attached hydrogens (tertiary/aromatic N) is 1. The molecule has 0 radical (unpaired) electrons. The Morgan fingerprint density at radius 1 is 1.00 bits per heavy atom. The predicted molar refractivity (Wildman–Crippen MR) is 119 cm³/mol. The molecule has 0 aliphatic carbocycles. The molecule has 2 rings (SSSR count). The van der Waals surface area contributed by atoms with Gasteiger partial charge in [-0.3, -0.25) is 9.59 Å². The second-order valence-electron chi connectivity index (χ2n) is 7.43. The maximum atomic E-state index is 13.1. The Balaban J connectivity index is 2.25. The molecular weight excluding hydrogens is 407 g/mol. The normalized spacial score (nSPS) is 12.9. The first-order valence-electron chi connectivity index (χ1n) is 9.80. The fourth-order valence-corrected chi connectivity index (χ4v) is 3.19. The first kappa shape index (κ1) is 23.2. The van der Waals surface area contributed by atoms with Crippen molar-refractivity contribution in [1.29, 1.82) is 0 Å². The van der Waals surface area contributed by atoms with E-state index in [-0.39, 0.29) is 30.8 Å². The molecule has 29 heavy (non-hydrogen) atoms. The van der Waals surface area contributed by atoms with E-state index >= 15 is 0 Å². The van der Waals surface area contributed by atoms with Crippen molar-refractivity contribution in [3.8, 4) is 0 Å². The van der Waals surface area contributed by atoms with Crippen molar-refractivity contribution in [2.75, 3.05) is 0 Å². The molecule has 0 unspecified atom stereocenters. The van der Waals surface area contributed by atoms with Crippen LogP contribution in [0.4, 0.5) is 0 Å². The highest BCUT2D eigenvalue weighted by molar-refractivity contribution is 6.42. The van der Waals surface area contributed by atoms with E-state index in [1.54, 1.807) is 24.0 Å². The fraction of sp³-hybridized carbons (Fsp3) is 0.391. The SMILES string of the molecule is CC[C@@H](C)NC(=O)[C@H](C)N(Cc1ccc(Cl)c(Cl)c1)C(=O)Cc1ccc(C)cc1. The minimum Gasteiger partial charge on any atom is -0.352 e. The van der Waals surface area contributed by atoms with E-state index in [9.17, 15) is 9.59 Å². The number of aryl methyl sites for hydroxylation is 1. The third-order valence-corrected chi connectivity index (χ3v) is 5.72. The van der Waals surface area contributed by atoms with Gasteiger partial charge in [-0.25, -0.2) is 0 Å². The minimum absolute atomic E-state index is 0.0453. The zero-order valence-corrected chi connectivity index (χ0v) is 18.8. The maximum absolute atomic E-state index is 13.1. The van der Waals surface area contributed by atoms with Gasteiger partial charge in [0.05, 0.1) is 16.5 Å². The van der Waals surface area contributed by atoms with Crippen molar-refractivity contribution in [1.82, 2.24) is 10.2 Å². The highest BCUT2D eigenvalue weighted by Crippen LogP contribution is 2.24. The summed E-state index contributed by atoms with van der Waals surface area (Å²) in [4.78, 5) is 27.5. The van der Waals surface area contributed by atoms with E-state index in [0.29, 0.717) is 10.0 Å². The zero-order chi connectivity index (χ0) is 21.6. The molecule has 0 fully saturated rings. The predicted octanol–water partition coefficient (Wildman–Crippen LogP) is 5.18. The molecular formula is C23H28Cl2N2O2. The largest absolute Gasteiger partial charge is 0.352 e. The number of carbonyl (C=O) groups excluding carboxylic acids is 2. The molecule has 0 heterocycles. The number of nitrogens with one attached hydrogen (secondary N) is 1. The molecule has 0 aromatic heterocycles. The molecule has 0 bridgehead atoms. The van der Waals surface area contributed by atoms with Crippen LogP contribution in [0.15, 0.2) is 42.5 Å². The Hall–Kier alpha value is -2.04. The Morgan fingerprint density at radius 2 is 1.62 bits per heavy atom. The van der Waals surface area contributed by atoms with Crippen LogP contribution in [0.25, 0.3) is 0 Å². The first-order valence-corrected chi connectivity index (χ1v) is 10.6. The summed E-state index contributed by atoms with van der Waals surface area (Å²) in [5.74, 6) is -0.289. The summed E-state index contributed by atoms with van der Waals surface area (Å²) < 4.78 is 0. The molecule has 0 saturated heterocycles. The van der Waals surface area contributed by atoms with Crippen molar-refractivity contribution < 1.29 is 9.59 Å². The quantitative estimate of drug-likeness (QED) is 0.622. The number of carbonyl (C=O) groups is 2. The summed E-state index contributed by atoms with van der Waals surface area (Å²) in [6, 6.07) is 12.5. The first-order chi connectivity index (χ1) is 13.7. The maximum Gasteiger partial charge on any atom is 0.242 e. The van der Waals surface area contributed by atoms with Gasteiger partial charge < -0.3 is 10.2 Å². The molecule has 0 aliphatic heterocycles. The average Bonchev–Trinajstić information content (AvgIpc) is 2.69. The summed E-state index contributed by atoms with van der Waals surface area (Å²) in [6.07, 6.45) is 1.05. The van der Waals surface area contributed by atoms with Crippen molar-refractivity contribution in [3.05, 3.63) is 69.2 Å². The monoisotopic (exact) mass is 434 g/mol. The third kappa shape index (κ3) is 6.76. The van der Waals surface area contributed by atoms with Gasteiger partial charge in [-0.05, 0) is 50.5 Å². The molecule has 2 aromatic carbocycles. The molecule has 4 nitrogen and oxygen atoms in total. The molecule has 2 atom stereocenters. The Kier molecular flexibility index (Phi) is 8.54. The summed E-state index contributed by atoms with van der Waals surface area (Å²) in [7, 11) is 0. The smallest absolute Gasteiger partial charge is 0.242 e. The zero-order valence-electron chi connectivity index (χ0n) is 17.3. The number of hydrogen-bond donors (Lipinski definition) is 1. The molecule has 0 saturated carbocycles. The number of halogens is 2. The van der Waals surface area contributed by atoms with E-state index in [1.807, 2.05) is 51.1 Å². The van der Waals surface area contributed by atoms with Crippen molar-refractivity contribution >= 4 is 35.0 Å². The van der Waals surface area contributed by atoms with Gasteiger partial charge in [0, 0.05) is 12.6 Å². The number of rotatable bonds is 8. The van der Waals surface area contributed by atoms with Crippen LogP contribution < -0.4 is 5.32 Å². The Morgan fingerprint density at radius 3 is 2.21 bits per heavy atom. The summed E-state index contributed by atoms with van der Waals surface area (Å²) in [5, 5.41) is 3.84. The summed E-state index contributed by atoms with van der Waals surface area (Å²) in [6.45, 7) is 7.98. The van der Waals surface area contributed by atoms with Gasteiger partial charge in [-0.1, -0.05) is 66.0 Å². The molecule has 2 aromatic rings. The van der Waals surface area contributed by atoms with Crippen molar-refractivity contribution in [3.63, 3.8) is 0 Å².